The Morgan fingerprint density at radius 3 is 2.58 bits per heavy atom. The van der Waals surface area contributed by atoms with Crippen LogP contribution in [0.4, 0.5) is 0 Å². The van der Waals surface area contributed by atoms with Crippen LogP contribution >= 0.6 is 0 Å². The fourth-order valence-corrected chi connectivity index (χ4v) is 3.05. The second kappa shape index (κ2) is 6.48. The molecule has 4 aromatic rings. The highest BCUT2D eigenvalue weighted by Crippen LogP contribution is 2.24. The van der Waals surface area contributed by atoms with Gasteiger partial charge < -0.3 is 9.15 Å². The minimum atomic E-state index is -0.455. The molecule has 4 heteroatoms. The number of aryl methyl sites for hydroxylation is 1. The minimum absolute atomic E-state index is 0.340. The lowest BCUT2D eigenvalue weighted by Gasteiger charge is -2.07. The lowest BCUT2D eigenvalue weighted by atomic mass is 10.1. The zero-order chi connectivity index (χ0) is 18.1. The summed E-state index contributed by atoms with van der Waals surface area (Å²) >= 11 is 0. The molecule has 0 spiro atoms. The number of hydrogen-bond donors (Lipinski definition) is 0. The molecule has 0 N–H and O–H groups in total. The number of hydrogen-bond acceptors (Lipinski definition) is 4. The summed E-state index contributed by atoms with van der Waals surface area (Å²) in [5, 5.41) is 2.88. The fraction of sp³-hybridized carbons (Fsp3) is 0.0909. The molecule has 3 aromatic carbocycles. The molecule has 1 heterocycles. The van der Waals surface area contributed by atoms with E-state index in [0.717, 1.165) is 28.1 Å². The summed E-state index contributed by atoms with van der Waals surface area (Å²) in [6.07, 6.45) is 0.721. The molecule has 0 aliphatic heterocycles. The van der Waals surface area contributed by atoms with Crippen molar-refractivity contribution >= 4 is 27.7 Å². The van der Waals surface area contributed by atoms with Crippen LogP contribution in [0.25, 0.3) is 21.7 Å². The molecule has 0 fully saturated rings. The van der Waals surface area contributed by atoms with Gasteiger partial charge in [-0.05, 0) is 47.0 Å². The van der Waals surface area contributed by atoms with Gasteiger partial charge in [0.25, 0.3) is 0 Å². The van der Waals surface area contributed by atoms with Gasteiger partial charge >= 0.3 is 11.6 Å². The maximum absolute atomic E-state index is 12.5. The molecule has 0 aliphatic carbocycles. The second-order valence-corrected chi connectivity index (χ2v) is 6.05. The number of esters is 1. The van der Waals surface area contributed by atoms with E-state index in [1.165, 1.54) is 6.07 Å². The number of rotatable bonds is 3. The van der Waals surface area contributed by atoms with Crippen molar-refractivity contribution in [1.29, 1.82) is 0 Å². The topological polar surface area (TPSA) is 56.5 Å². The molecule has 0 radical (unpaired) electrons. The molecule has 0 aliphatic rings. The lowest BCUT2D eigenvalue weighted by molar-refractivity contribution is 0.0735. The first kappa shape index (κ1) is 16.1. The van der Waals surface area contributed by atoms with Crippen LogP contribution in [-0.4, -0.2) is 5.97 Å². The van der Waals surface area contributed by atoms with Crippen LogP contribution in [0.3, 0.4) is 0 Å². The number of carbonyl (C=O) groups excluding carboxylic acids is 1. The van der Waals surface area contributed by atoms with E-state index in [1.54, 1.807) is 30.3 Å². The van der Waals surface area contributed by atoms with Crippen LogP contribution in [0, 0.1) is 0 Å². The largest absolute Gasteiger partial charge is 0.423 e. The first-order valence-electron chi connectivity index (χ1n) is 8.42. The van der Waals surface area contributed by atoms with Gasteiger partial charge in [-0.1, -0.05) is 37.3 Å². The summed E-state index contributed by atoms with van der Waals surface area (Å²) < 4.78 is 10.7. The SMILES string of the molecule is CCc1cc(=O)oc2cc(OC(=O)c3ccc4ccccc4c3)ccc12. The second-order valence-electron chi connectivity index (χ2n) is 6.05. The van der Waals surface area contributed by atoms with Crippen molar-refractivity contribution < 1.29 is 13.9 Å². The first-order valence-corrected chi connectivity index (χ1v) is 8.42. The molecule has 0 bridgehead atoms. The van der Waals surface area contributed by atoms with Gasteiger partial charge in [0.15, 0.2) is 0 Å². The Morgan fingerprint density at radius 1 is 0.962 bits per heavy atom. The van der Waals surface area contributed by atoms with Crippen LogP contribution in [0.5, 0.6) is 5.75 Å². The standard InChI is InChI=1S/C22H16O4/c1-2-14-12-21(23)26-20-13-18(9-10-19(14)20)25-22(24)17-8-7-15-5-3-4-6-16(15)11-17/h3-13H,2H2,1H3. The molecule has 0 unspecified atom stereocenters. The van der Waals surface area contributed by atoms with Crippen molar-refractivity contribution in [2.45, 2.75) is 13.3 Å². The third-order valence-electron chi connectivity index (χ3n) is 4.38. The molecule has 26 heavy (non-hydrogen) atoms. The summed E-state index contributed by atoms with van der Waals surface area (Å²) in [5.74, 6) is -0.115. The lowest BCUT2D eigenvalue weighted by Crippen LogP contribution is -2.08. The monoisotopic (exact) mass is 344 g/mol. The van der Waals surface area contributed by atoms with Crippen molar-refractivity contribution in [2.75, 3.05) is 0 Å². The molecule has 1 aromatic heterocycles. The van der Waals surface area contributed by atoms with Crippen molar-refractivity contribution in [3.63, 3.8) is 0 Å². The Hall–Kier alpha value is -3.40. The maximum atomic E-state index is 12.5. The molecular weight excluding hydrogens is 328 g/mol. The highest BCUT2D eigenvalue weighted by molar-refractivity contribution is 5.96. The predicted molar refractivity (Wildman–Crippen MR) is 101 cm³/mol. The van der Waals surface area contributed by atoms with Crippen molar-refractivity contribution in [2.24, 2.45) is 0 Å². The van der Waals surface area contributed by atoms with Gasteiger partial charge in [-0.3, -0.25) is 0 Å². The van der Waals surface area contributed by atoms with E-state index < -0.39 is 11.6 Å². The fourth-order valence-electron chi connectivity index (χ4n) is 3.05. The smallest absolute Gasteiger partial charge is 0.343 e. The van der Waals surface area contributed by atoms with Crippen LogP contribution in [0.2, 0.25) is 0 Å². The Labute approximate surface area is 149 Å². The quantitative estimate of drug-likeness (QED) is 0.306. The maximum Gasteiger partial charge on any atom is 0.343 e. The predicted octanol–water partition coefficient (Wildman–Crippen LogP) is 4.73. The average Bonchev–Trinajstić information content (AvgIpc) is 2.66. The molecule has 0 saturated heterocycles. The van der Waals surface area contributed by atoms with E-state index in [-0.39, 0.29) is 0 Å². The highest BCUT2D eigenvalue weighted by atomic mass is 16.5. The summed E-state index contributed by atoms with van der Waals surface area (Å²) in [4.78, 5) is 24.1. The van der Waals surface area contributed by atoms with Gasteiger partial charge in [-0.15, -0.1) is 0 Å². The zero-order valence-corrected chi connectivity index (χ0v) is 14.2. The van der Waals surface area contributed by atoms with E-state index in [2.05, 4.69) is 0 Å². The summed E-state index contributed by atoms with van der Waals surface area (Å²) in [5.41, 5.74) is 1.38. The number of ether oxygens (including phenoxy) is 1. The molecule has 0 saturated carbocycles. The highest BCUT2D eigenvalue weighted by Gasteiger charge is 2.11. The molecule has 0 amide bonds. The van der Waals surface area contributed by atoms with Gasteiger partial charge in [0, 0.05) is 17.5 Å². The van der Waals surface area contributed by atoms with Crippen LogP contribution in [0.15, 0.2) is 75.9 Å². The number of benzene rings is 3. The number of fused-ring (bicyclic) bond motifs is 2. The normalized spacial score (nSPS) is 11.0. The Bertz CT molecular complexity index is 1190. The van der Waals surface area contributed by atoms with Crippen molar-refractivity contribution in [3.05, 3.63) is 88.3 Å². The third-order valence-corrected chi connectivity index (χ3v) is 4.38. The Kier molecular flexibility index (Phi) is 4.01. The number of carbonyl (C=O) groups is 1. The minimum Gasteiger partial charge on any atom is -0.423 e. The van der Waals surface area contributed by atoms with Gasteiger partial charge in [0.1, 0.15) is 11.3 Å². The Balaban J connectivity index is 1.67. The summed E-state index contributed by atoms with van der Waals surface area (Å²) in [6.45, 7) is 1.97. The molecular formula is C22H16O4. The first-order chi connectivity index (χ1) is 12.6. The van der Waals surface area contributed by atoms with Gasteiger partial charge in [0.05, 0.1) is 5.56 Å². The van der Waals surface area contributed by atoms with E-state index in [9.17, 15) is 9.59 Å². The van der Waals surface area contributed by atoms with E-state index in [1.807, 2.05) is 37.3 Å². The average molecular weight is 344 g/mol. The Morgan fingerprint density at radius 2 is 1.77 bits per heavy atom. The van der Waals surface area contributed by atoms with Crippen LogP contribution < -0.4 is 10.4 Å². The molecule has 4 rings (SSSR count). The molecule has 128 valence electrons. The van der Waals surface area contributed by atoms with Gasteiger partial charge in [0.2, 0.25) is 0 Å². The zero-order valence-electron chi connectivity index (χ0n) is 14.2. The van der Waals surface area contributed by atoms with Crippen molar-refractivity contribution in [3.8, 4) is 5.75 Å². The van der Waals surface area contributed by atoms with E-state index >= 15 is 0 Å². The van der Waals surface area contributed by atoms with Gasteiger partial charge in [-0.2, -0.15) is 0 Å². The van der Waals surface area contributed by atoms with Gasteiger partial charge in [-0.25, -0.2) is 9.59 Å². The van der Waals surface area contributed by atoms with Crippen LogP contribution in [0.1, 0.15) is 22.8 Å². The van der Waals surface area contributed by atoms with E-state index in [4.69, 9.17) is 9.15 Å². The van der Waals surface area contributed by atoms with Crippen LogP contribution in [-0.2, 0) is 6.42 Å². The third kappa shape index (κ3) is 2.97. The van der Waals surface area contributed by atoms with Crippen molar-refractivity contribution in [1.82, 2.24) is 0 Å². The molecule has 4 nitrogen and oxygen atoms in total. The van der Waals surface area contributed by atoms with E-state index in [0.29, 0.717) is 16.9 Å². The summed E-state index contributed by atoms with van der Waals surface area (Å²) in [7, 11) is 0. The summed E-state index contributed by atoms with van der Waals surface area (Å²) in [6, 6.07) is 19.8. The molecule has 0 atom stereocenters.